The maximum absolute atomic E-state index is 7.07. The highest BCUT2D eigenvalue weighted by Gasteiger charge is 2.26. The summed E-state index contributed by atoms with van der Waals surface area (Å²) in [6, 6.07) is 82.0. The molecule has 0 aliphatic rings. The van der Waals surface area contributed by atoms with Crippen LogP contribution in [-0.4, -0.2) is 29.1 Å². The van der Waals surface area contributed by atoms with Crippen LogP contribution >= 0.6 is 0 Å². The molecule has 6 heterocycles. The summed E-state index contributed by atoms with van der Waals surface area (Å²) in [4.78, 5) is 21.2. The van der Waals surface area contributed by atoms with Crippen LogP contribution in [0.15, 0.2) is 252 Å². The summed E-state index contributed by atoms with van der Waals surface area (Å²) >= 11 is 0. The van der Waals surface area contributed by atoms with E-state index in [1.54, 1.807) is 0 Å². The summed E-state index contributed by atoms with van der Waals surface area (Å²) in [5.74, 6) is 1.58. The molecule has 16 rings (SSSR count). The van der Waals surface area contributed by atoms with E-state index in [9.17, 15) is 0 Å². The Morgan fingerprint density at radius 1 is 0.303 bits per heavy atom. The van der Waals surface area contributed by atoms with Crippen molar-refractivity contribution in [2.45, 2.75) is 0 Å². The number of pyridine rings is 1. The largest absolute Gasteiger partial charge is 0.455 e. The molecule has 6 aromatic heterocycles. The standard InChI is InChI=1S/C68H40N6O2/c1-5-19-41(20-6-1)66-70-67(42-21-7-2-8-22-42)72-68(71-66)52-39-43(46-29-17-30-49-61-57(75-64(46)49)37-35-55-59(61)47-27-13-15-33-53(47)73(55)44-23-9-3-10-24-44)40-69-63(52)51-32-18-31-50-62-58(76-65(50)51)38-36-56-60(62)48-28-14-16-34-54(48)74(56)45-25-11-4-12-26-45/h1-40H. The van der Waals surface area contributed by atoms with Gasteiger partial charge in [-0.2, -0.15) is 0 Å². The van der Waals surface area contributed by atoms with Crippen molar-refractivity contribution in [2.24, 2.45) is 0 Å². The van der Waals surface area contributed by atoms with Crippen LogP contribution in [0.5, 0.6) is 0 Å². The van der Waals surface area contributed by atoms with Crippen molar-refractivity contribution >= 4 is 87.5 Å². The van der Waals surface area contributed by atoms with E-state index in [1.165, 1.54) is 0 Å². The maximum Gasteiger partial charge on any atom is 0.166 e. The second-order valence-electron chi connectivity index (χ2n) is 19.3. The molecular formula is C68H40N6O2. The monoisotopic (exact) mass is 972 g/mol. The number of aromatic nitrogens is 6. The lowest BCUT2D eigenvalue weighted by atomic mass is 9.97. The predicted octanol–water partition coefficient (Wildman–Crippen LogP) is 17.6. The number of benzene rings is 10. The number of hydrogen-bond donors (Lipinski definition) is 0. The second kappa shape index (κ2) is 16.5. The van der Waals surface area contributed by atoms with Gasteiger partial charge in [0.2, 0.25) is 0 Å². The third-order valence-corrected chi connectivity index (χ3v) is 15.0. The summed E-state index contributed by atoms with van der Waals surface area (Å²) in [5.41, 5.74) is 15.5. The number of para-hydroxylation sites is 6. The average Bonchev–Trinajstić information content (AvgIpc) is 4.32. The molecule has 0 bridgehead atoms. The van der Waals surface area contributed by atoms with E-state index in [0.717, 1.165) is 132 Å². The third kappa shape index (κ3) is 6.31. The average molecular weight is 973 g/mol. The first-order valence-corrected chi connectivity index (χ1v) is 25.5. The summed E-state index contributed by atoms with van der Waals surface area (Å²) in [7, 11) is 0. The van der Waals surface area contributed by atoms with Gasteiger partial charge < -0.3 is 18.0 Å². The minimum atomic E-state index is 0.478. The first-order valence-electron chi connectivity index (χ1n) is 25.5. The van der Waals surface area contributed by atoms with Gasteiger partial charge in [0.1, 0.15) is 22.3 Å². The predicted molar refractivity (Wildman–Crippen MR) is 308 cm³/mol. The van der Waals surface area contributed by atoms with Gasteiger partial charge in [0.05, 0.1) is 27.8 Å². The van der Waals surface area contributed by atoms with Crippen LogP contribution in [0.25, 0.3) is 155 Å². The Hall–Kier alpha value is -10.4. The van der Waals surface area contributed by atoms with Crippen molar-refractivity contribution in [1.82, 2.24) is 29.1 Å². The lowest BCUT2D eigenvalue weighted by molar-refractivity contribution is 0.669. The van der Waals surface area contributed by atoms with Crippen LogP contribution < -0.4 is 0 Å². The zero-order valence-electron chi connectivity index (χ0n) is 40.6. The fourth-order valence-electron chi connectivity index (χ4n) is 11.7. The van der Waals surface area contributed by atoms with Crippen LogP contribution in [0.2, 0.25) is 0 Å². The van der Waals surface area contributed by atoms with Crippen LogP contribution in [0.3, 0.4) is 0 Å². The molecule has 0 radical (unpaired) electrons. The van der Waals surface area contributed by atoms with Crippen molar-refractivity contribution < 1.29 is 8.83 Å². The van der Waals surface area contributed by atoms with E-state index >= 15 is 0 Å². The minimum absolute atomic E-state index is 0.478. The topological polar surface area (TPSA) is 87.7 Å². The molecule has 8 heteroatoms. The quantitative estimate of drug-likeness (QED) is 0.158. The van der Waals surface area contributed by atoms with E-state index in [-0.39, 0.29) is 0 Å². The van der Waals surface area contributed by atoms with Crippen molar-refractivity contribution in [2.75, 3.05) is 0 Å². The van der Waals surface area contributed by atoms with E-state index < -0.39 is 0 Å². The Labute approximate surface area is 434 Å². The van der Waals surface area contributed by atoms with Gasteiger partial charge in [-0.3, -0.25) is 4.98 Å². The van der Waals surface area contributed by atoms with Gasteiger partial charge in [-0.1, -0.05) is 164 Å². The Morgan fingerprint density at radius 2 is 0.737 bits per heavy atom. The number of fused-ring (bicyclic) bond motifs is 14. The smallest absolute Gasteiger partial charge is 0.166 e. The van der Waals surface area contributed by atoms with Crippen molar-refractivity contribution in [3.05, 3.63) is 243 Å². The Morgan fingerprint density at radius 3 is 1.26 bits per heavy atom. The molecule has 0 unspecified atom stereocenters. The van der Waals surface area contributed by atoms with Crippen LogP contribution in [0.4, 0.5) is 0 Å². The van der Waals surface area contributed by atoms with Crippen LogP contribution in [0, 0.1) is 0 Å². The normalized spacial score (nSPS) is 11.9. The van der Waals surface area contributed by atoms with Crippen molar-refractivity contribution in [3.8, 4) is 67.9 Å². The fourth-order valence-corrected chi connectivity index (χ4v) is 11.7. The number of rotatable bonds is 7. The van der Waals surface area contributed by atoms with Gasteiger partial charge in [0.15, 0.2) is 17.5 Å². The van der Waals surface area contributed by atoms with Crippen LogP contribution in [0.1, 0.15) is 0 Å². The summed E-state index contributed by atoms with van der Waals surface area (Å²) < 4.78 is 18.8. The molecule has 354 valence electrons. The molecule has 76 heavy (non-hydrogen) atoms. The minimum Gasteiger partial charge on any atom is -0.455 e. The molecule has 0 atom stereocenters. The molecule has 8 nitrogen and oxygen atoms in total. The number of hydrogen-bond acceptors (Lipinski definition) is 6. The summed E-state index contributed by atoms with van der Waals surface area (Å²) in [6.45, 7) is 0. The van der Waals surface area contributed by atoms with E-state index in [2.05, 4.69) is 185 Å². The molecule has 0 spiro atoms. The Bertz CT molecular complexity index is 4920. The first-order chi connectivity index (χ1) is 37.7. The van der Waals surface area contributed by atoms with Crippen molar-refractivity contribution in [1.29, 1.82) is 0 Å². The van der Waals surface area contributed by atoms with E-state index in [4.69, 9.17) is 28.8 Å². The highest BCUT2D eigenvalue weighted by atomic mass is 16.3. The first kappa shape index (κ1) is 42.1. The van der Waals surface area contributed by atoms with E-state index in [0.29, 0.717) is 23.2 Å². The molecule has 0 aliphatic heterocycles. The van der Waals surface area contributed by atoms with E-state index in [1.807, 2.05) is 66.9 Å². The fraction of sp³-hybridized carbons (Fsp3) is 0. The molecule has 0 saturated heterocycles. The highest BCUT2D eigenvalue weighted by Crippen LogP contribution is 2.47. The Balaban J connectivity index is 0.957. The summed E-state index contributed by atoms with van der Waals surface area (Å²) in [5, 5.41) is 8.72. The lowest BCUT2D eigenvalue weighted by Gasteiger charge is -2.13. The molecular weight excluding hydrogens is 933 g/mol. The zero-order valence-corrected chi connectivity index (χ0v) is 40.6. The van der Waals surface area contributed by atoms with Crippen LogP contribution in [-0.2, 0) is 0 Å². The number of furan rings is 2. The van der Waals surface area contributed by atoms with Gasteiger partial charge in [-0.05, 0) is 72.8 Å². The van der Waals surface area contributed by atoms with Gasteiger partial charge in [0, 0.05) is 94.0 Å². The summed E-state index contributed by atoms with van der Waals surface area (Å²) in [6.07, 6.45) is 1.95. The van der Waals surface area contributed by atoms with Gasteiger partial charge in [-0.25, -0.2) is 15.0 Å². The molecule has 0 fully saturated rings. The Kier molecular flexibility index (Phi) is 9.17. The van der Waals surface area contributed by atoms with Gasteiger partial charge in [-0.15, -0.1) is 0 Å². The molecule has 16 aromatic rings. The molecule has 0 saturated carbocycles. The second-order valence-corrected chi connectivity index (χ2v) is 19.3. The molecule has 0 amide bonds. The molecule has 0 aliphatic carbocycles. The van der Waals surface area contributed by atoms with Gasteiger partial charge >= 0.3 is 0 Å². The SMILES string of the molecule is c1ccc(-c2nc(-c3ccccc3)nc(-c3cc(-c4cccc5c4oc4ccc6c(c7ccccc7n6-c6ccccc6)c45)cnc3-c3cccc4c3oc3ccc5c(c6ccccc6n5-c5ccccc5)c34)n2)cc1. The highest BCUT2D eigenvalue weighted by molar-refractivity contribution is 6.30. The van der Waals surface area contributed by atoms with Crippen molar-refractivity contribution in [3.63, 3.8) is 0 Å². The number of nitrogens with zero attached hydrogens (tertiary/aromatic N) is 6. The zero-order chi connectivity index (χ0) is 49.8. The van der Waals surface area contributed by atoms with Gasteiger partial charge in [0.25, 0.3) is 0 Å². The molecule has 0 N–H and O–H groups in total. The maximum atomic E-state index is 7.07. The third-order valence-electron chi connectivity index (χ3n) is 15.0. The lowest BCUT2D eigenvalue weighted by Crippen LogP contribution is -2.02. The molecule has 10 aromatic carbocycles.